The van der Waals surface area contributed by atoms with Crippen molar-refractivity contribution in [1.82, 2.24) is 9.78 Å². The molecular formula is C34H45F4N3O3. The van der Waals surface area contributed by atoms with Crippen LogP contribution in [0, 0.1) is 25.2 Å². The van der Waals surface area contributed by atoms with E-state index in [4.69, 9.17) is 11.2 Å². The van der Waals surface area contributed by atoms with Crippen molar-refractivity contribution in [2.45, 2.75) is 73.7 Å². The normalized spacial score (nSPS) is 12.9. The lowest BCUT2D eigenvalue weighted by atomic mass is 9.76. The van der Waals surface area contributed by atoms with Crippen LogP contribution < -0.4 is 4.74 Å². The van der Waals surface area contributed by atoms with E-state index in [9.17, 15) is 22.4 Å². The number of carbonyl (C=O) groups is 1. The molecule has 242 valence electrons. The van der Waals surface area contributed by atoms with Crippen LogP contribution in [0.3, 0.4) is 0 Å². The number of benzene rings is 1. The van der Waals surface area contributed by atoms with Crippen LogP contribution in [-0.4, -0.2) is 48.4 Å². The second-order valence-corrected chi connectivity index (χ2v) is 9.64. The van der Waals surface area contributed by atoms with Gasteiger partial charge in [0.05, 0.1) is 19.3 Å². The van der Waals surface area contributed by atoms with Crippen LogP contribution in [-0.2, 0) is 16.1 Å². The summed E-state index contributed by atoms with van der Waals surface area (Å²) in [6.45, 7) is 15.3. The van der Waals surface area contributed by atoms with Crippen molar-refractivity contribution in [2.24, 2.45) is 10.9 Å². The first kappa shape index (κ1) is 40.0. The number of rotatable bonds is 9. The third-order valence-corrected chi connectivity index (χ3v) is 6.09. The number of terminal acetylenes is 1. The maximum Gasteiger partial charge on any atom is 0.573 e. The number of hydrogen-bond donors (Lipinski definition) is 0. The summed E-state index contributed by atoms with van der Waals surface area (Å²) in [6, 6.07) is 5.67. The predicted octanol–water partition coefficient (Wildman–Crippen LogP) is 8.73. The summed E-state index contributed by atoms with van der Waals surface area (Å²) in [4.78, 5) is 14.3. The summed E-state index contributed by atoms with van der Waals surface area (Å²) in [5, 5.41) is 4.43. The van der Waals surface area contributed by atoms with Crippen LogP contribution >= 0.6 is 0 Å². The minimum Gasteiger partial charge on any atom is -0.406 e. The molecule has 2 aromatic rings. The van der Waals surface area contributed by atoms with Gasteiger partial charge in [-0.2, -0.15) is 5.10 Å². The van der Waals surface area contributed by atoms with E-state index in [2.05, 4.69) is 41.2 Å². The molecule has 10 heteroatoms. The Balaban J connectivity index is 0.000000766. The van der Waals surface area contributed by atoms with Crippen molar-refractivity contribution in [2.75, 3.05) is 20.8 Å². The van der Waals surface area contributed by atoms with Gasteiger partial charge in [-0.1, -0.05) is 56.0 Å². The molecule has 0 saturated heterocycles. The van der Waals surface area contributed by atoms with Crippen LogP contribution in [0.2, 0.25) is 0 Å². The second-order valence-electron chi connectivity index (χ2n) is 9.64. The van der Waals surface area contributed by atoms with E-state index in [0.29, 0.717) is 12.5 Å². The van der Waals surface area contributed by atoms with Crippen molar-refractivity contribution in [3.8, 4) is 18.1 Å². The Morgan fingerprint density at radius 3 is 2.16 bits per heavy atom. The van der Waals surface area contributed by atoms with Gasteiger partial charge in [0.2, 0.25) is 0 Å². The molecule has 0 bridgehead atoms. The summed E-state index contributed by atoms with van der Waals surface area (Å²) >= 11 is 0. The molecule has 1 aliphatic rings. The molecule has 1 aliphatic carbocycles. The average molecular weight is 620 g/mol. The molecule has 6 nitrogen and oxygen atoms in total. The van der Waals surface area contributed by atoms with E-state index in [1.54, 1.807) is 26.2 Å². The molecule has 3 rings (SSSR count). The number of Topliss-reactive ketones (excluding diaryl/α,β-unsaturated/α-hetero) is 1. The van der Waals surface area contributed by atoms with Gasteiger partial charge in [0, 0.05) is 55.6 Å². The van der Waals surface area contributed by atoms with Crippen LogP contribution in [0.15, 0.2) is 71.3 Å². The largest absolute Gasteiger partial charge is 0.573 e. The highest BCUT2D eigenvalue weighted by Gasteiger charge is 2.31. The van der Waals surface area contributed by atoms with Gasteiger partial charge >= 0.3 is 6.36 Å². The maximum absolute atomic E-state index is 11.6. The van der Waals surface area contributed by atoms with Crippen molar-refractivity contribution in [3.63, 3.8) is 0 Å². The number of carbonyl (C=O) groups excluding carboxylic acids is 1. The first-order valence-corrected chi connectivity index (χ1v) is 14.2. The molecule has 0 amide bonds. The molecule has 0 radical (unpaired) electrons. The quantitative estimate of drug-likeness (QED) is 0.0926. The summed E-state index contributed by atoms with van der Waals surface area (Å²) in [6.07, 6.45) is 10.4. The fraction of sp³-hybridized carbons (Fsp3) is 0.441. The maximum atomic E-state index is 11.6. The Kier molecular flexibility index (Phi) is 19.0. The number of aromatic nitrogens is 2. The zero-order valence-corrected chi connectivity index (χ0v) is 27.0. The van der Waals surface area contributed by atoms with E-state index in [1.807, 2.05) is 44.0 Å². The number of allylic oxidation sites excluding steroid dienone is 5. The predicted molar refractivity (Wildman–Crippen MR) is 170 cm³/mol. The lowest BCUT2D eigenvalue weighted by Gasteiger charge is -2.30. The number of methoxy groups -OCH3 is 1. The van der Waals surface area contributed by atoms with Gasteiger partial charge in [0.25, 0.3) is 0 Å². The topological polar surface area (TPSA) is 65.7 Å². The second kappa shape index (κ2) is 20.9. The third kappa shape index (κ3) is 15.0. The Bertz CT molecular complexity index is 1290. The van der Waals surface area contributed by atoms with E-state index in [0.717, 1.165) is 30.2 Å². The lowest BCUT2D eigenvalue weighted by Crippen LogP contribution is -2.25. The van der Waals surface area contributed by atoms with E-state index < -0.39 is 18.0 Å². The van der Waals surface area contributed by atoms with Crippen LogP contribution in [0.5, 0.6) is 5.75 Å². The molecule has 44 heavy (non-hydrogen) atoms. The summed E-state index contributed by atoms with van der Waals surface area (Å²) < 4.78 is 56.8. The first-order valence-electron chi connectivity index (χ1n) is 14.2. The number of alkyl halides is 3. The number of hydrogen-bond acceptors (Lipinski definition) is 5. The summed E-state index contributed by atoms with van der Waals surface area (Å²) in [5.41, 5.74) is 6.53. The molecule has 0 atom stereocenters. The number of aryl methyl sites for hydroxylation is 1. The van der Waals surface area contributed by atoms with Gasteiger partial charge in [-0.25, -0.2) is 4.39 Å². The first-order chi connectivity index (χ1) is 20.7. The zero-order chi connectivity index (χ0) is 33.9. The molecule has 0 spiro atoms. The van der Waals surface area contributed by atoms with Crippen molar-refractivity contribution in [3.05, 3.63) is 77.4 Å². The monoisotopic (exact) mass is 619 g/mol. The lowest BCUT2D eigenvalue weighted by molar-refractivity contribution is -0.274. The molecule has 0 unspecified atom stereocenters. The van der Waals surface area contributed by atoms with Gasteiger partial charge in [-0.05, 0) is 51.8 Å². The van der Waals surface area contributed by atoms with Crippen molar-refractivity contribution < 1.29 is 31.8 Å². The number of halogens is 4. The fourth-order valence-corrected chi connectivity index (χ4v) is 3.78. The van der Waals surface area contributed by atoms with Gasteiger partial charge < -0.3 is 9.47 Å². The molecule has 1 aromatic carbocycles. The standard InChI is InChI=1S/C20H27N3O.C8H7F3O.C4H5FO.C2H6/c1-6-8-18(17-13-22-23(14-17)11-12-24-5)19(15(2)3)20(21-4)16-9-7-10-16;1-6-2-4-7(5-3-6)12-8(9,10)11;1-3(5)4(2)6;1-2/h1,8,13-14,16H,7,9-12H2,2-5H3;2-5H,1H3;1H2,2H3;1-2H3/b18-8-,21-20?;;;. The SMILES string of the molecule is C#C/C=C(\C(C(=NC)C1CCC1)=C(C)C)c1cnn(CCOC)c1.C=C(F)C(C)=O.CC.Cc1ccc(OC(F)(F)F)cc1. The minimum absolute atomic E-state index is 0.187. The highest BCUT2D eigenvalue weighted by Crippen LogP contribution is 2.36. The number of ketones is 1. The number of nitrogens with zero attached hydrogens (tertiary/aromatic N) is 3. The highest BCUT2D eigenvalue weighted by molar-refractivity contribution is 6.15. The van der Waals surface area contributed by atoms with Gasteiger partial charge in [0.15, 0.2) is 11.6 Å². The molecule has 0 aliphatic heterocycles. The van der Waals surface area contributed by atoms with Gasteiger partial charge in [0.1, 0.15) is 5.75 Å². The Hall–Kier alpha value is -3.97. The Morgan fingerprint density at radius 2 is 1.77 bits per heavy atom. The van der Waals surface area contributed by atoms with E-state index >= 15 is 0 Å². The van der Waals surface area contributed by atoms with Crippen LogP contribution in [0.4, 0.5) is 17.6 Å². The molecule has 0 N–H and O–H groups in total. The molecule has 1 saturated carbocycles. The van der Waals surface area contributed by atoms with E-state index in [1.165, 1.54) is 48.3 Å². The highest BCUT2D eigenvalue weighted by atomic mass is 19.4. The van der Waals surface area contributed by atoms with Gasteiger partial charge in [-0.3, -0.25) is 14.5 Å². The van der Waals surface area contributed by atoms with Crippen LogP contribution in [0.25, 0.3) is 5.57 Å². The zero-order valence-electron chi connectivity index (χ0n) is 27.0. The smallest absolute Gasteiger partial charge is 0.406 e. The minimum atomic E-state index is -4.60. The van der Waals surface area contributed by atoms with Crippen LogP contribution in [0.1, 0.15) is 65.0 Å². The molecule has 1 aromatic heterocycles. The summed E-state index contributed by atoms with van der Waals surface area (Å²) in [5.74, 6) is 1.57. The van der Waals surface area contributed by atoms with Crippen molar-refractivity contribution in [1.29, 1.82) is 0 Å². The molecule has 1 heterocycles. The third-order valence-electron chi connectivity index (χ3n) is 6.09. The number of ether oxygens (including phenoxy) is 2. The molecule has 1 fully saturated rings. The fourth-order valence-electron chi connectivity index (χ4n) is 3.78. The van der Waals surface area contributed by atoms with E-state index in [-0.39, 0.29) is 5.75 Å². The molecular weight excluding hydrogens is 574 g/mol. The average Bonchev–Trinajstić information content (AvgIpc) is 3.41. The number of aliphatic imine (C=N–C) groups is 1. The Morgan fingerprint density at radius 1 is 1.20 bits per heavy atom. The Labute approximate surface area is 259 Å². The van der Waals surface area contributed by atoms with Crippen molar-refractivity contribution >= 4 is 17.1 Å². The summed E-state index contributed by atoms with van der Waals surface area (Å²) in [7, 11) is 3.57. The van der Waals surface area contributed by atoms with Gasteiger partial charge in [-0.15, -0.1) is 19.6 Å².